The van der Waals surface area contributed by atoms with E-state index < -0.39 is 35.4 Å². The Hall–Kier alpha value is -1.93. The van der Waals surface area contributed by atoms with Crippen LogP contribution < -0.4 is 4.90 Å². The molecule has 2 aromatic rings. The van der Waals surface area contributed by atoms with E-state index in [1.165, 1.54) is 6.39 Å². The predicted octanol–water partition coefficient (Wildman–Crippen LogP) is 2.64. The Bertz CT molecular complexity index is 939. The molecule has 2 aliphatic rings. The summed E-state index contributed by atoms with van der Waals surface area (Å²) in [5.41, 5.74) is 1.41. The van der Waals surface area contributed by atoms with Gasteiger partial charge >= 0.3 is 0 Å². The first-order valence-corrected chi connectivity index (χ1v) is 10.6. The first kappa shape index (κ1) is 21.3. The molecule has 1 aliphatic heterocycles. The van der Waals surface area contributed by atoms with Gasteiger partial charge in [-0.3, -0.25) is 0 Å². The van der Waals surface area contributed by atoms with E-state index in [1.807, 2.05) is 45.0 Å². The third kappa shape index (κ3) is 3.24. The number of hydrogen-bond acceptors (Lipinski definition) is 7. The van der Waals surface area contributed by atoms with Crippen molar-refractivity contribution in [2.24, 2.45) is 5.92 Å². The van der Waals surface area contributed by atoms with Gasteiger partial charge < -0.3 is 29.4 Å². The van der Waals surface area contributed by atoms with Crippen LogP contribution in [0.3, 0.4) is 0 Å². The van der Waals surface area contributed by atoms with Crippen molar-refractivity contribution in [3.05, 3.63) is 36.2 Å². The van der Waals surface area contributed by atoms with Crippen molar-refractivity contribution >= 4 is 16.8 Å². The first-order chi connectivity index (χ1) is 14.2. The molecule has 0 unspecified atom stereocenters. The number of nitrogens with zero attached hydrogens (tertiary/aromatic N) is 2. The van der Waals surface area contributed by atoms with Crippen LogP contribution >= 0.6 is 0 Å². The number of ether oxygens (including phenoxy) is 1. The SMILES string of the molecule is CO[C@@H]1[C@H](O)CC[C@]2(O)CN(c3ccc4ncoc4c3)[C@](C)([C@H](O)CC=C(C)C)[C@@H]12. The van der Waals surface area contributed by atoms with E-state index in [0.29, 0.717) is 31.4 Å². The lowest BCUT2D eigenvalue weighted by molar-refractivity contribution is -0.164. The van der Waals surface area contributed by atoms with Crippen molar-refractivity contribution in [3.8, 4) is 0 Å². The molecule has 1 saturated carbocycles. The van der Waals surface area contributed by atoms with Crippen LogP contribution in [-0.4, -0.2) is 63.4 Å². The monoisotopic (exact) mass is 416 g/mol. The van der Waals surface area contributed by atoms with Gasteiger partial charge in [-0.15, -0.1) is 0 Å². The van der Waals surface area contributed by atoms with Gasteiger partial charge in [-0.05, 0) is 52.2 Å². The van der Waals surface area contributed by atoms with Gasteiger partial charge in [0.05, 0.1) is 29.5 Å². The van der Waals surface area contributed by atoms with E-state index in [2.05, 4.69) is 9.88 Å². The number of allylic oxidation sites excluding steroid dienone is 1. The van der Waals surface area contributed by atoms with Crippen LogP contribution in [0.1, 0.15) is 40.0 Å². The maximum atomic E-state index is 11.7. The lowest BCUT2D eigenvalue weighted by Crippen LogP contribution is -2.63. The van der Waals surface area contributed by atoms with Gasteiger partial charge in [-0.2, -0.15) is 0 Å². The van der Waals surface area contributed by atoms with E-state index in [1.54, 1.807) is 7.11 Å². The fourth-order valence-electron chi connectivity index (χ4n) is 5.56. The Morgan fingerprint density at radius 3 is 2.90 bits per heavy atom. The molecule has 2 fully saturated rings. The quantitative estimate of drug-likeness (QED) is 0.645. The van der Waals surface area contributed by atoms with Crippen molar-refractivity contribution in [1.29, 1.82) is 0 Å². The predicted molar refractivity (Wildman–Crippen MR) is 114 cm³/mol. The number of rotatable bonds is 5. The fourth-order valence-corrected chi connectivity index (χ4v) is 5.56. The zero-order valence-electron chi connectivity index (χ0n) is 18.1. The number of fused-ring (bicyclic) bond motifs is 2. The normalized spacial score (nSPS) is 34.8. The molecular weight excluding hydrogens is 384 g/mol. The van der Waals surface area contributed by atoms with Gasteiger partial charge in [-0.25, -0.2) is 4.98 Å². The fraction of sp³-hybridized carbons (Fsp3) is 0.609. The van der Waals surface area contributed by atoms with Gasteiger partial charge in [0, 0.05) is 31.3 Å². The molecule has 2 heterocycles. The van der Waals surface area contributed by atoms with Crippen molar-refractivity contribution in [3.63, 3.8) is 0 Å². The Balaban J connectivity index is 1.83. The minimum absolute atomic E-state index is 0.340. The van der Waals surface area contributed by atoms with Crippen LogP contribution in [0.25, 0.3) is 11.1 Å². The van der Waals surface area contributed by atoms with Crippen LogP contribution in [0.2, 0.25) is 0 Å². The van der Waals surface area contributed by atoms with E-state index >= 15 is 0 Å². The Morgan fingerprint density at radius 2 is 2.20 bits per heavy atom. The van der Waals surface area contributed by atoms with Crippen LogP contribution in [0.15, 0.2) is 40.7 Å². The summed E-state index contributed by atoms with van der Waals surface area (Å²) in [5, 5.41) is 33.8. The average molecular weight is 417 g/mol. The molecule has 0 radical (unpaired) electrons. The lowest BCUT2D eigenvalue weighted by atomic mass is 9.65. The average Bonchev–Trinajstić information content (AvgIpc) is 3.27. The second-order valence-electron chi connectivity index (χ2n) is 9.24. The molecule has 0 spiro atoms. The van der Waals surface area contributed by atoms with Gasteiger partial charge in [-0.1, -0.05) is 11.6 Å². The summed E-state index contributed by atoms with van der Waals surface area (Å²) in [6.45, 7) is 6.30. The van der Waals surface area contributed by atoms with Gasteiger partial charge in [0.1, 0.15) is 5.52 Å². The Morgan fingerprint density at radius 1 is 1.43 bits per heavy atom. The van der Waals surface area contributed by atoms with Crippen molar-refractivity contribution in [2.45, 2.75) is 69.5 Å². The third-order valence-corrected chi connectivity index (χ3v) is 7.13. The summed E-state index contributed by atoms with van der Waals surface area (Å²) >= 11 is 0. The van der Waals surface area contributed by atoms with E-state index in [9.17, 15) is 15.3 Å². The van der Waals surface area contributed by atoms with Crippen LogP contribution in [0.4, 0.5) is 5.69 Å². The summed E-state index contributed by atoms with van der Waals surface area (Å²) < 4.78 is 11.2. The smallest absolute Gasteiger partial charge is 0.181 e. The van der Waals surface area contributed by atoms with Crippen molar-refractivity contribution in [2.75, 3.05) is 18.6 Å². The summed E-state index contributed by atoms with van der Waals surface area (Å²) in [6.07, 6.45) is 2.73. The molecular formula is C23H32N2O5. The van der Waals surface area contributed by atoms with Gasteiger partial charge in [0.15, 0.2) is 12.0 Å². The number of aromatic nitrogens is 1. The second-order valence-corrected chi connectivity index (χ2v) is 9.24. The lowest BCUT2D eigenvalue weighted by Gasteiger charge is -2.50. The third-order valence-electron chi connectivity index (χ3n) is 7.13. The maximum absolute atomic E-state index is 11.7. The van der Waals surface area contributed by atoms with Crippen LogP contribution in [-0.2, 0) is 4.74 Å². The molecule has 6 atom stereocenters. The number of β-amino-alcohol motifs (C(OH)–C–C–N with tert-alkyl or cyclic N) is 1. The summed E-state index contributed by atoms with van der Waals surface area (Å²) in [6, 6.07) is 5.72. The topological polar surface area (TPSA) is 99.2 Å². The number of anilines is 1. The minimum atomic E-state index is -1.09. The molecule has 1 aliphatic carbocycles. The van der Waals surface area contributed by atoms with E-state index in [4.69, 9.17) is 9.15 Å². The molecule has 3 N–H and O–H groups in total. The highest BCUT2D eigenvalue weighted by molar-refractivity contribution is 5.77. The highest BCUT2D eigenvalue weighted by Crippen LogP contribution is 2.53. The largest absolute Gasteiger partial charge is 0.443 e. The first-order valence-electron chi connectivity index (χ1n) is 10.6. The molecule has 4 rings (SSSR count). The van der Waals surface area contributed by atoms with Crippen LogP contribution in [0.5, 0.6) is 0 Å². The van der Waals surface area contributed by atoms with E-state index in [0.717, 1.165) is 16.8 Å². The zero-order valence-corrected chi connectivity index (χ0v) is 18.1. The Labute approximate surface area is 177 Å². The molecule has 164 valence electrons. The summed E-state index contributed by atoms with van der Waals surface area (Å²) in [5.74, 6) is -0.468. The van der Waals surface area contributed by atoms with Gasteiger partial charge in [0.2, 0.25) is 0 Å². The van der Waals surface area contributed by atoms with E-state index in [-0.39, 0.29) is 0 Å². The molecule has 1 aromatic heterocycles. The molecule has 0 amide bonds. The van der Waals surface area contributed by atoms with Gasteiger partial charge in [0.25, 0.3) is 0 Å². The second kappa shape index (κ2) is 7.64. The highest BCUT2D eigenvalue weighted by atomic mass is 16.5. The van der Waals surface area contributed by atoms with Crippen molar-refractivity contribution < 1.29 is 24.5 Å². The number of aliphatic hydroxyl groups excluding tert-OH is 2. The number of hydrogen-bond donors (Lipinski definition) is 3. The molecule has 7 nitrogen and oxygen atoms in total. The van der Waals surface area contributed by atoms with Crippen LogP contribution in [0, 0.1) is 5.92 Å². The minimum Gasteiger partial charge on any atom is -0.443 e. The summed E-state index contributed by atoms with van der Waals surface area (Å²) in [4.78, 5) is 6.25. The number of methoxy groups -OCH3 is 1. The number of oxazole rings is 1. The highest BCUT2D eigenvalue weighted by Gasteiger charge is 2.66. The number of aliphatic hydroxyl groups is 3. The summed E-state index contributed by atoms with van der Waals surface area (Å²) in [7, 11) is 1.56. The number of benzene rings is 1. The molecule has 0 bridgehead atoms. The standard InChI is InChI=1S/C23H32N2O5/c1-14(2)5-8-19(27)22(3)21-20(29-4)17(26)9-10-23(21,28)12-25(22)15-6-7-16-18(11-15)30-13-24-16/h5-7,11,13,17,19-21,26-28H,8-10,12H2,1-4H3/t17-,19-,20-,21-,22-,23+/m1/s1. The molecule has 7 heteroatoms. The molecule has 1 saturated heterocycles. The Kier molecular flexibility index (Phi) is 5.43. The zero-order chi connectivity index (χ0) is 21.7. The maximum Gasteiger partial charge on any atom is 0.181 e. The molecule has 30 heavy (non-hydrogen) atoms. The molecule has 1 aromatic carbocycles. The van der Waals surface area contributed by atoms with Crippen molar-refractivity contribution in [1.82, 2.24) is 4.98 Å².